The largest absolute Gasteiger partial charge is 0.444 e. The van der Waals surface area contributed by atoms with Crippen LogP contribution < -0.4 is 5.32 Å². The first kappa shape index (κ1) is 16.9. The van der Waals surface area contributed by atoms with E-state index in [4.69, 9.17) is 4.42 Å². The van der Waals surface area contributed by atoms with Gasteiger partial charge in [0.2, 0.25) is 0 Å². The van der Waals surface area contributed by atoms with Crippen LogP contribution in [0.5, 0.6) is 0 Å². The number of likely N-dealkylation sites (tertiary alicyclic amines) is 1. The van der Waals surface area contributed by atoms with Gasteiger partial charge in [-0.25, -0.2) is 4.79 Å². The zero-order valence-corrected chi connectivity index (χ0v) is 14.6. The number of halogens is 1. The standard InChI is InChI=1S/C15H22BrN3O3/c1-3-18(4-2)15(21)17-11-7-9-19(10-8-11)14(20)12-5-6-13(16)22-12/h5-6,11H,3-4,7-10H2,1-2H3,(H,17,21). The summed E-state index contributed by atoms with van der Waals surface area (Å²) in [5.41, 5.74) is 0. The van der Waals surface area contributed by atoms with Crippen molar-refractivity contribution in [1.29, 1.82) is 0 Å². The number of urea groups is 1. The SMILES string of the molecule is CCN(CC)C(=O)NC1CCN(C(=O)c2ccc(Br)o2)CC1. The topological polar surface area (TPSA) is 65.8 Å². The van der Waals surface area contributed by atoms with E-state index >= 15 is 0 Å². The summed E-state index contributed by atoms with van der Waals surface area (Å²) in [6.45, 7) is 6.58. The van der Waals surface area contributed by atoms with E-state index < -0.39 is 0 Å². The minimum Gasteiger partial charge on any atom is -0.444 e. The smallest absolute Gasteiger partial charge is 0.317 e. The molecule has 0 aromatic carbocycles. The van der Waals surface area contributed by atoms with Gasteiger partial charge >= 0.3 is 6.03 Å². The molecule has 1 aliphatic heterocycles. The van der Waals surface area contributed by atoms with Crippen molar-refractivity contribution in [3.63, 3.8) is 0 Å². The molecule has 0 unspecified atom stereocenters. The number of rotatable bonds is 4. The van der Waals surface area contributed by atoms with Crippen molar-refractivity contribution in [2.24, 2.45) is 0 Å². The second-order valence-electron chi connectivity index (χ2n) is 5.29. The minimum atomic E-state index is -0.0979. The van der Waals surface area contributed by atoms with Crippen LogP contribution in [0.2, 0.25) is 0 Å². The minimum absolute atomic E-state index is 0.0234. The van der Waals surface area contributed by atoms with Gasteiger partial charge in [-0.05, 0) is 54.8 Å². The van der Waals surface area contributed by atoms with Crippen molar-refractivity contribution in [2.75, 3.05) is 26.2 Å². The van der Waals surface area contributed by atoms with Gasteiger partial charge in [-0.1, -0.05) is 0 Å². The predicted molar refractivity (Wildman–Crippen MR) is 86.8 cm³/mol. The zero-order chi connectivity index (χ0) is 16.1. The lowest BCUT2D eigenvalue weighted by molar-refractivity contribution is 0.0673. The van der Waals surface area contributed by atoms with E-state index in [1.807, 2.05) is 13.8 Å². The summed E-state index contributed by atoms with van der Waals surface area (Å²) in [7, 11) is 0. The molecule has 3 amide bonds. The Kier molecular flexibility index (Phi) is 5.88. The maximum absolute atomic E-state index is 12.3. The molecule has 2 rings (SSSR count). The van der Waals surface area contributed by atoms with Crippen LogP contribution in [0.25, 0.3) is 0 Å². The summed E-state index contributed by atoms with van der Waals surface area (Å²) in [6.07, 6.45) is 1.53. The predicted octanol–water partition coefficient (Wildman–Crippen LogP) is 2.70. The van der Waals surface area contributed by atoms with Crippen LogP contribution in [-0.4, -0.2) is 54.0 Å². The van der Waals surface area contributed by atoms with Crippen LogP contribution in [0.4, 0.5) is 4.79 Å². The van der Waals surface area contributed by atoms with Crippen LogP contribution in [0.15, 0.2) is 21.2 Å². The van der Waals surface area contributed by atoms with Crippen molar-refractivity contribution < 1.29 is 14.0 Å². The Hall–Kier alpha value is -1.50. The number of nitrogens with zero attached hydrogens (tertiary/aromatic N) is 2. The van der Waals surface area contributed by atoms with E-state index in [-0.39, 0.29) is 18.0 Å². The highest BCUT2D eigenvalue weighted by Gasteiger charge is 2.26. The first-order chi connectivity index (χ1) is 10.5. The Balaban J connectivity index is 1.83. The average molecular weight is 372 g/mol. The van der Waals surface area contributed by atoms with Gasteiger partial charge in [-0.15, -0.1) is 0 Å². The molecule has 2 heterocycles. The molecule has 6 nitrogen and oxygen atoms in total. The molecular weight excluding hydrogens is 350 g/mol. The fraction of sp³-hybridized carbons (Fsp3) is 0.600. The van der Waals surface area contributed by atoms with Crippen molar-refractivity contribution in [2.45, 2.75) is 32.7 Å². The summed E-state index contributed by atoms with van der Waals surface area (Å²) in [4.78, 5) is 27.8. The van der Waals surface area contributed by atoms with E-state index in [0.717, 1.165) is 12.8 Å². The van der Waals surface area contributed by atoms with Gasteiger partial charge in [0.25, 0.3) is 5.91 Å². The number of furan rings is 1. The number of nitrogens with one attached hydrogen (secondary N) is 1. The first-order valence-electron chi connectivity index (χ1n) is 7.65. The highest BCUT2D eigenvalue weighted by atomic mass is 79.9. The average Bonchev–Trinajstić information content (AvgIpc) is 2.95. The van der Waals surface area contributed by atoms with Crippen molar-refractivity contribution in [3.05, 3.63) is 22.6 Å². The lowest BCUT2D eigenvalue weighted by atomic mass is 10.0. The summed E-state index contributed by atoms with van der Waals surface area (Å²) in [5, 5.41) is 3.04. The van der Waals surface area contributed by atoms with Gasteiger partial charge in [-0.3, -0.25) is 4.79 Å². The number of piperidine rings is 1. The third-order valence-corrected chi connectivity index (χ3v) is 4.37. The molecule has 7 heteroatoms. The maximum atomic E-state index is 12.3. The molecule has 0 spiro atoms. The van der Waals surface area contributed by atoms with Crippen LogP contribution in [0.1, 0.15) is 37.2 Å². The van der Waals surface area contributed by atoms with E-state index in [1.165, 1.54) is 0 Å². The maximum Gasteiger partial charge on any atom is 0.317 e. The molecule has 0 aliphatic carbocycles. The van der Waals surface area contributed by atoms with Gasteiger partial charge < -0.3 is 19.5 Å². The van der Waals surface area contributed by atoms with Gasteiger partial charge in [0, 0.05) is 32.2 Å². The molecule has 0 radical (unpaired) electrons. The van der Waals surface area contributed by atoms with Crippen molar-refractivity contribution >= 4 is 27.9 Å². The molecular formula is C15H22BrN3O3. The van der Waals surface area contributed by atoms with Crippen LogP contribution in [-0.2, 0) is 0 Å². The number of hydrogen-bond donors (Lipinski definition) is 1. The Morgan fingerprint density at radius 2 is 1.95 bits per heavy atom. The molecule has 0 atom stereocenters. The zero-order valence-electron chi connectivity index (χ0n) is 13.0. The quantitative estimate of drug-likeness (QED) is 0.884. The number of carbonyl (C=O) groups excluding carboxylic acids is 2. The molecule has 1 N–H and O–H groups in total. The fourth-order valence-electron chi connectivity index (χ4n) is 2.59. The van der Waals surface area contributed by atoms with E-state index in [2.05, 4.69) is 21.2 Å². The number of hydrogen-bond acceptors (Lipinski definition) is 3. The fourth-order valence-corrected chi connectivity index (χ4v) is 2.90. The molecule has 122 valence electrons. The van der Waals surface area contributed by atoms with Crippen molar-refractivity contribution in [3.8, 4) is 0 Å². The molecule has 22 heavy (non-hydrogen) atoms. The highest BCUT2D eigenvalue weighted by molar-refractivity contribution is 9.10. The molecule has 0 saturated carbocycles. The van der Waals surface area contributed by atoms with E-state index in [1.54, 1.807) is 21.9 Å². The number of carbonyl (C=O) groups is 2. The Bertz CT molecular complexity index is 520. The first-order valence-corrected chi connectivity index (χ1v) is 8.44. The Labute approximate surface area is 138 Å². The summed E-state index contributed by atoms with van der Waals surface area (Å²) in [6, 6.07) is 3.48. The van der Waals surface area contributed by atoms with Gasteiger partial charge in [0.1, 0.15) is 0 Å². The summed E-state index contributed by atoms with van der Waals surface area (Å²) >= 11 is 3.20. The normalized spacial score (nSPS) is 15.7. The third kappa shape index (κ3) is 4.03. The van der Waals surface area contributed by atoms with Crippen LogP contribution in [0, 0.1) is 0 Å². The third-order valence-electron chi connectivity index (χ3n) is 3.94. The van der Waals surface area contributed by atoms with Gasteiger partial charge in [0.05, 0.1) is 0 Å². The molecule has 1 fully saturated rings. The lowest BCUT2D eigenvalue weighted by Gasteiger charge is -2.33. The van der Waals surface area contributed by atoms with Crippen LogP contribution in [0.3, 0.4) is 0 Å². The highest BCUT2D eigenvalue weighted by Crippen LogP contribution is 2.18. The molecule has 1 aromatic heterocycles. The lowest BCUT2D eigenvalue weighted by Crippen LogP contribution is -2.50. The Morgan fingerprint density at radius 3 is 2.45 bits per heavy atom. The van der Waals surface area contributed by atoms with Gasteiger partial charge in [-0.2, -0.15) is 0 Å². The second-order valence-corrected chi connectivity index (χ2v) is 6.07. The summed E-state index contributed by atoms with van der Waals surface area (Å²) in [5.74, 6) is 0.247. The Morgan fingerprint density at radius 1 is 1.32 bits per heavy atom. The molecule has 0 bridgehead atoms. The molecule has 1 saturated heterocycles. The van der Waals surface area contributed by atoms with E-state index in [9.17, 15) is 9.59 Å². The number of amides is 3. The van der Waals surface area contributed by atoms with Crippen molar-refractivity contribution in [1.82, 2.24) is 15.1 Å². The monoisotopic (exact) mass is 371 g/mol. The van der Waals surface area contributed by atoms with Gasteiger partial charge in [0.15, 0.2) is 10.4 Å². The summed E-state index contributed by atoms with van der Waals surface area (Å²) < 4.78 is 5.85. The molecule has 1 aromatic rings. The van der Waals surface area contributed by atoms with E-state index in [0.29, 0.717) is 36.6 Å². The van der Waals surface area contributed by atoms with Crippen LogP contribution >= 0.6 is 15.9 Å². The second kappa shape index (κ2) is 7.67. The molecule has 1 aliphatic rings.